The minimum Gasteiger partial charge on any atom is -0.491 e. The average molecular weight is 452 g/mol. The minimum atomic E-state index is -1.04. The highest BCUT2D eigenvalue weighted by Crippen LogP contribution is 2.30. The van der Waals surface area contributed by atoms with E-state index in [0.29, 0.717) is 45.0 Å². The highest BCUT2D eigenvalue weighted by molar-refractivity contribution is 5.93. The summed E-state index contributed by atoms with van der Waals surface area (Å²) in [6, 6.07) is 13.5. The molecule has 176 valence electrons. The number of benzene rings is 1. The van der Waals surface area contributed by atoms with Crippen molar-refractivity contribution in [2.75, 3.05) is 39.4 Å². The first-order chi connectivity index (χ1) is 16.0. The van der Waals surface area contributed by atoms with Crippen molar-refractivity contribution >= 4 is 11.8 Å². The Kier molecular flexibility index (Phi) is 7.28. The van der Waals surface area contributed by atoms with Gasteiger partial charge >= 0.3 is 0 Å². The van der Waals surface area contributed by atoms with Crippen LogP contribution in [0, 0.1) is 6.92 Å². The van der Waals surface area contributed by atoms with Gasteiger partial charge in [0.15, 0.2) is 5.60 Å². The predicted octanol–water partition coefficient (Wildman–Crippen LogP) is 3.26. The first kappa shape index (κ1) is 23.2. The normalized spacial score (nSPS) is 22.2. The second kappa shape index (κ2) is 10.3. The molecule has 1 unspecified atom stereocenters. The van der Waals surface area contributed by atoms with Crippen LogP contribution in [0.3, 0.4) is 0 Å². The van der Waals surface area contributed by atoms with Crippen molar-refractivity contribution < 1.29 is 19.1 Å². The number of hydrogen-bond donors (Lipinski definition) is 0. The topological polar surface area (TPSA) is 72.0 Å². The van der Waals surface area contributed by atoms with Crippen LogP contribution < -0.4 is 4.74 Å². The second-order valence-corrected chi connectivity index (χ2v) is 8.78. The van der Waals surface area contributed by atoms with Crippen molar-refractivity contribution in [3.63, 3.8) is 0 Å². The molecular weight excluding hydrogens is 418 g/mol. The number of pyridine rings is 1. The SMILES string of the molecule is CCN1CCOc2ccccc2CCCCC2(CN(C(=O)c3cccc(C)n3)CCO2)C1=O. The molecular formula is C26H33N3O4. The summed E-state index contributed by atoms with van der Waals surface area (Å²) in [6.45, 7) is 6.31. The van der Waals surface area contributed by atoms with Crippen molar-refractivity contribution in [3.8, 4) is 5.75 Å². The van der Waals surface area contributed by atoms with Gasteiger partial charge in [-0.2, -0.15) is 0 Å². The summed E-state index contributed by atoms with van der Waals surface area (Å²) >= 11 is 0. The Morgan fingerprint density at radius 3 is 2.76 bits per heavy atom. The van der Waals surface area contributed by atoms with Crippen molar-refractivity contribution in [1.29, 1.82) is 0 Å². The molecule has 0 radical (unpaired) electrons. The zero-order chi connectivity index (χ0) is 23.3. The number of rotatable bonds is 2. The van der Waals surface area contributed by atoms with Gasteiger partial charge in [0.1, 0.15) is 18.1 Å². The Morgan fingerprint density at radius 1 is 1.09 bits per heavy atom. The summed E-state index contributed by atoms with van der Waals surface area (Å²) in [5.41, 5.74) is 1.36. The van der Waals surface area contributed by atoms with E-state index in [2.05, 4.69) is 11.1 Å². The summed E-state index contributed by atoms with van der Waals surface area (Å²) in [4.78, 5) is 34.9. The molecule has 7 nitrogen and oxygen atoms in total. The van der Waals surface area contributed by atoms with Crippen LogP contribution in [0.15, 0.2) is 42.5 Å². The molecule has 3 heterocycles. The fraction of sp³-hybridized carbons (Fsp3) is 0.500. The van der Waals surface area contributed by atoms with E-state index in [0.717, 1.165) is 30.7 Å². The molecule has 2 aliphatic heterocycles. The summed E-state index contributed by atoms with van der Waals surface area (Å²) < 4.78 is 12.3. The van der Waals surface area contributed by atoms with Gasteiger partial charge in [0, 0.05) is 18.8 Å². The molecule has 0 bridgehead atoms. The molecule has 0 aliphatic carbocycles. The third-order valence-electron chi connectivity index (χ3n) is 6.51. The van der Waals surface area contributed by atoms with Crippen molar-refractivity contribution in [2.24, 2.45) is 0 Å². The number of hydrogen-bond acceptors (Lipinski definition) is 5. The lowest BCUT2D eigenvalue weighted by atomic mass is 9.90. The van der Waals surface area contributed by atoms with Crippen LogP contribution in [-0.2, 0) is 16.0 Å². The standard InChI is InChI=1S/C26H33N3O4/c1-3-28-15-17-32-23-13-5-4-10-21(23)11-6-7-14-26(25(28)31)19-29(16-18-33-26)24(30)22-12-8-9-20(2)27-22/h4-5,8-10,12-13H,3,6-7,11,14-19H2,1-2H3. The van der Waals surface area contributed by atoms with Gasteiger partial charge < -0.3 is 19.3 Å². The number of nitrogens with zero attached hydrogens (tertiary/aromatic N) is 3. The maximum atomic E-state index is 13.8. The minimum absolute atomic E-state index is 0.0582. The number of carbonyl (C=O) groups excluding carboxylic acids is 2. The van der Waals surface area contributed by atoms with E-state index < -0.39 is 5.60 Å². The molecule has 0 N–H and O–H groups in total. The third-order valence-corrected chi connectivity index (χ3v) is 6.51. The number of para-hydroxylation sites is 1. The first-order valence-electron chi connectivity index (χ1n) is 11.9. The fourth-order valence-corrected chi connectivity index (χ4v) is 4.70. The zero-order valence-corrected chi connectivity index (χ0v) is 19.6. The number of carbonyl (C=O) groups is 2. The molecule has 33 heavy (non-hydrogen) atoms. The monoisotopic (exact) mass is 451 g/mol. The van der Waals surface area contributed by atoms with Crippen LogP contribution in [0.4, 0.5) is 0 Å². The van der Waals surface area contributed by atoms with Gasteiger partial charge in [0.25, 0.3) is 11.8 Å². The lowest BCUT2D eigenvalue weighted by Crippen LogP contribution is -2.62. The largest absolute Gasteiger partial charge is 0.491 e. The molecule has 2 aromatic rings. The summed E-state index contributed by atoms with van der Waals surface area (Å²) in [5, 5.41) is 0. The summed E-state index contributed by atoms with van der Waals surface area (Å²) in [5.74, 6) is 0.686. The maximum absolute atomic E-state index is 13.8. The maximum Gasteiger partial charge on any atom is 0.272 e. The smallest absolute Gasteiger partial charge is 0.272 e. The first-order valence-corrected chi connectivity index (χ1v) is 11.9. The van der Waals surface area contributed by atoms with Gasteiger partial charge in [0.05, 0.1) is 19.7 Å². The number of ether oxygens (including phenoxy) is 2. The van der Waals surface area contributed by atoms with Gasteiger partial charge in [-0.3, -0.25) is 9.59 Å². The number of likely N-dealkylation sites (N-methyl/N-ethyl adjacent to an activating group) is 1. The second-order valence-electron chi connectivity index (χ2n) is 8.78. The number of fused-ring (bicyclic) bond motifs is 1. The Balaban J connectivity index is 1.57. The molecule has 4 rings (SSSR count). The lowest BCUT2D eigenvalue weighted by molar-refractivity contribution is -0.170. The number of aryl methyl sites for hydroxylation is 2. The summed E-state index contributed by atoms with van der Waals surface area (Å²) in [6.07, 6.45) is 3.20. The van der Waals surface area contributed by atoms with Crippen LogP contribution in [0.2, 0.25) is 0 Å². The molecule has 1 aromatic heterocycles. The fourth-order valence-electron chi connectivity index (χ4n) is 4.70. The zero-order valence-electron chi connectivity index (χ0n) is 19.6. The van der Waals surface area contributed by atoms with Crippen LogP contribution in [-0.4, -0.2) is 71.6 Å². The van der Waals surface area contributed by atoms with Gasteiger partial charge in [-0.25, -0.2) is 4.98 Å². The van der Waals surface area contributed by atoms with E-state index in [9.17, 15) is 9.59 Å². The highest BCUT2D eigenvalue weighted by Gasteiger charge is 2.46. The quantitative estimate of drug-likeness (QED) is 0.701. The van der Waals surface area contributed by atoms with Crippen LogP contribution in [0.25, 0.3) is 0 Å². The molecule has 7 heteroatoms. The number of morpholine rings is 1. The van der Waals surface area contributed by atoms with Gasteiger partial charge in [-0.15, -0.1) is 0 Å². The predicted molar refractivity (Wildman–Crippen MR) is 125 cm³/mol. The van der Waals surface area contributed by atoms with Crippen molar-refractivity contribution in [1.82, 2.24) is 14.8 Å². The Labute approximate surface area is 195 Å². The van der Waals surface area contributed by atoms with Gasteiger partial charge in [-0.05, 0) is 63.3 Å². The molecule has 1 fully saturated rings. The van der Waals surface area contributed by atoms with E-state index in [4.69, 9.17) is 9.47 Å². The molecule has 1 spiro atoms. The molecule has 1 aromatic carbocycles. The molecule has 2 aliphatic rings. The Morgan fingerprint density at radius 2 is 1.94 bits per heavy atom. The van der Waals surface area contributed by atoms with Crippen molar-refractivity contribution in [3.05, 3.63) is 59.4 Å². The molecule has 1 atom stereocenters. The van der Waals surface area contributed by atoms with E-state index in [1.54, 1.807) is 15.9 Å². The Bertz CT molecular complexity index is 995. The van der Waals surface area contributed by atoms with Crippen molar-refractivity contribution in [2.45, 2.75) is 45.1 Å². The number of aromatic nitrogens is 1. The van der Waals surface area contributed by atoms with E-state index in [1.165, 1.54) is 5.56 Å². The summed E-state index contributed by atoms with van der Waals surface area (Å²) in [7, 11) is 0. The van der Waals surface area contributed by atoms with Crippen LogP contribution >= 0.6 is 0 Å². The van der Waals surface area contributed by atoms with E-state index in [1.807, 2.05) is 44.2 Å². The highest BCUT2D eigenvalue weighted by atomic mass is 16.5. The molecule has 0 saturated carbocycles. The van der Waals surface area contributed by atoms with Gasteiger partial charge in [-0.1, -0.05) is 24.3 Å². The molecule has 2 amide bonds. The van der Waals surface area contributed by atoms with E-state index in [-0.39, 0.29) is 18.4 Å². The van der Waals surface area contributed by atoms with E-state index >= 15 is 0 Å². The Hall–Kier alpha value is -2.93. The van der Waals surface area contributed by atoms with Gasteiger partial charge in [0.2, 0.25) is 0 Å². The number of amides is 2. The van der Waals surface area contributed by atoms with Crippen LogP contribution in [0.5, 0.6) is 5.75 Å². The average Bonchev–Trinajstić information content (AvgIpc) is 2.84. The van der Waals surface area contributed by atoms with Crippen LogP contribution in [0.1, 0.15) is 47.9 Å². The lowest BCUT2D eigenvalue weighted by Gasteiger charge is -2.44. The third kappa shape index (κ3) is 5.19. The molecule has 1 saturated heterocycles.